The van der Waals surface area contributed by atoms with Gasteiger partial charge in [-0.05, 0) is 57.7 Å². The lowest BCUT2D eigenvalue weighted by molar-refractivity contribution is -0.112. The molecule has 1 aliphatic heterocycles. The first-order chi connectivity index (χ1) is 18.3. The van der Waals surface area contributed by atoms with E-state index in [0.29, 0.717) is 12.1 Å². The normalized spacial score (nSPS) is 17.7. The molecule has 0 radical (unpaired) electrons. The van der Waals surface area contributed by atoms with Gasteiger partial charge in [0.2, 0.25) is 0 Å². The standard InChI is InChI=1S/C29H38F2N4O4/c1-19(20-10-7-6-8-11-20)23-16-21(17-24(34-23)26(37)32-5)25(36)33-14-9-12-22-13-15-35(18-29(22,30)31)27(38)39-28(2,3)4/h6-8,10-11,16-17,19,22H,9,12-15,18H2,1-5H3,(H,32,37)(H,33,36)/t19-,22?/m0/s1. The zero-order valence-corrected chi connectivity index (χ0v) is 23.2. The molecule has 2 N–H and O–H groups in total. The Morgan fingerprint density at radius 3 is 2.46 bits per heavy atom. The number of hydrogen-bond acceptors (Lipinski definition) is 5. The minimum absolute atomic E-state index is 0.124. The van der Waals surface area contributed by atoms with Gasteiger partial charge in [-0.15, -0.1) is 0 Å². The van der Waals surface area contributed by atoms with Crippen molar-refractivity contribution in [3.8, 4) is 0 Å². The Balaban J connectivity index is 1.59. The molecule has 1 fully saturated rings. The number of carbonyl (C=O) groups excluding carboxylic acids is 3. The van der Waals surface area contributed by atoms with Crippen molar-refractivity contribution in [2.24, 2.45) is 5.92 Å². The van der Waals surface area contributed by atoms with Crippen LogP contribution in [0.2, 0.25) is 0 Å². The van der Waals surface area contributed by atoms with Crippen molar-refractivity contribution >= 4 is 17.9 Å². The number of nitrogens with zero attached hydrogens (tertiary/aromatic N) is 2. The van der Waals surface area contributed by atoms with Gasteiger partial charge in [-0.2, -0.15) is 0 Å². The van der Waals surface area contributed by atoms with Gasteiger partial charge in [-0.25, -0.2) is 18.6 Å². The minimum Gasteiger partial charge on any atom is -0.444 e. The van der Waals surface area contributed by atoms with Crippen molar-refractivity contribution in [3.63, 3.8) is 0 Å². The molecule has 212 valence electrons. The first-order valence-electron chi connectivity index (χ1n) is 13.2. The van der Waals surface area contributed by atoms with Crippen LogP contribution in [0.1, 0.15) is 85.0 Å². The second kappa shape index (κ2) is 12.5. The molecule has 0 aliphatic carbocycles. The van der Waals surface area contributed by atoms with Crippen LogP contribution in [0.15, 0.2) is 42.5 Å². The molecule has 10 heteroatoms. The van der Waals surface area contributed by atoms with Crippen LogP contribution in [0.4, 0.5) is 13.6 Å². The number of alkyl halides is 2. The van der Waals surface area contributed by atoms with Crippen molar-refractivity contribution in [2.45, 2.75) is 64.4 Å². The SMILES string of the molecule is CNC(=O)c1cc(C(=O)NCCCC2CCN(C(=O)OC(C)(C)C)CC2(F)F)cc([C@@H](C)c2ccccc2)n1. The Morgan fingerprint density at radius 1 is 1.15 bits per heavy atom. The average Bonchev–Trinajstić information content (AvgIpc) is 2.89. The summed E-state index contributed by atoms with van der Waals surface area (Å²) in [6, 6.07) is 12.7. The first kappa shape index (κ1) is 30.0. The number of amides is 3. The summed E-state index contributed by atoms with van der Waals surface area (Å²) in [6.07, 6.45) is -0.0341. The molecule has 1 saturated heterocycles. The smallest absolute Gasteiger partial charge is 0.410 e. The highest BCUT2D eigenvalue weighted by Gasteiger charge is 2.46. The monoisotopic (exact) mass is 544 g/mol. The van der Waals surface area contributed by atoms with Gasteiger partial charge in [0.05, 0.1) is 6.54 Å². The molecular formula is C29H38F2N4O4. The van der Waals surface area contributed by atoms with Gasteiger partial charge in [0.15, 0.2) is 0 Å². The molecule has 2 atom stereocenters. The highest BCUT2D eigenvalue weighted by molar-refractivity contribution is 5.98. The molecular weight excluding hydrogens is 506 g/mol. The van der Waals surface area contributed by atoms with E-state index in [-0.39, 0.29) is 43.1 Å². The van der Waals surface area contributed by atoms with Gasteiger partial charge >= 0.3 is 6.09 Å². The Kier molecular flexibility index (Phi) is 9.63. The topological polar surface area (TPSA) is 101 Å². The van der Waals surface area contributed by atoms with E-state index in [9.17, 15) is 23.2 Å². The van der Waals surface area contributed by atoms with Crippen molar-refractivity contribution in [3.05, 3.63) is 65.0 Å². The number of hydrogen-bond donors (Lipinski definition) is 2. The van der Waals surface area contributed by atoms with E-state index in [2.05, 4.69) is 15.6 Å². The molecule has 3 rings (SSSR count). The lowest BCUT2D eigenvalue weighted by Crippen LogP contribution is -2.51. The van der Waals surface area contributed by atoms with Gasteiger partial charge in [0.25, 0.3) is 17.7 Å². The molecule has 2 heterocycles. The fourth-order valence-corrected chi connectivity index (χ4v) is 4.54. The summed E-state index contributed by atoms with van der Waals surface area (Å²) in [5.74, 6) is -4.92. The van der Waals surface area contributed by atoms with Crippen LogP contribution in [0.3, 0.4) is 0 Å². The molecule has 0 saturated carbocycles. The number of rotatable bonds is 8. The summed E-state index contributed by atoms with van der Waals surface area (Å²) in [5.41, 5.74) is 1.21. The van der Waals surface area contributed by atoms with Gasteiger partial charge in [0.1, 0.15) is 11.3 Å². The third-order valence-corrected chi connectivity index (χ3v) is 6.72. The van der Waals surface area contributed by atoms with Crippen LogP contribution in [0, 0.1) is 5.92 Å². The fourth-order valence-electron chi connectivity index (χ4n) is 4.54. The number of carbonyl (C=O) groups is 3. The van der Waals surface area contributed by atoms with Crippen LogP contribution >= 0.6 is 0 Å². The zero-order chi connectivity index (χ0) is 28.8. The highest BCUT2D eigenvalue weighted by atomic mass is 19.3. The summed E-state index contributed by atoms with van der Waals surface area (Å²) >= 11 is 0. The van der Waals surface area contributed by atoms with E-state index in [1.54, 1.807) is 26.8 Å². The number of benzene rings is 1. The molecule has 3 amide bonds. The van der Waals surface area contributed by atoms with Crippen LogP contribution in [0.5, 0.6) is 0 Å². The number of pyridine rings is 1. The second-order valence-corrected chi connectivity index (χ2v) is 10.9. The Labute approximate surface area is 228 Å². The molecule has 39 heavy (non-hydrogen) atoms. The molecule has 0 bridgehead atoms. The predicted molar refractivity (Wildman–Crippen MR) is 144 cm³/mol. The van der Waals surface area contributed by atoms with E-state index in [4.69, 9.17) is 4.74 Å². The second-order valence-electron chi connectivity index (χ2n) is 10.9. The molecule has 1 unspecified atom stereocenters. The van der Waals surface area contributed by atoms with E-state index in [1.807, 2.05) is 37.3 Å². The molecule has 8 nitrogen and oxygen atoms in total. The van der Waals surface area contributed by atoms with Crippen molar-refractivity contribution in [2.75, 3.05) is 26.7 Å². The molecule has 1 aliphatic rings. The maximum atomic E-state index is 14.8. The number of piperidine rings is 1. The average molecular weight is 545 g/mol. The summed E-state index contributed by atoms with van der Waals surface area (Å²) in [4.78, 5) is 43.0. The van der Waals surface area contributed by atoms with Crippen molar-refractivity contribution in [1.82, 2.24) is 20.5 Å². The number of likely N-dealkylation sites (tertiary alicyclic amines) is 1. The number of nitrogens with one attached hydrogen (secondary N) is 2. The van der Waals surface area contributed by atoms with Crippen LogP contribution in [-0.4, -0.2) is 66.0 Å². The van der Waals surface area contributed by atoms with Gasteiger partial charge in [-0.1, -0.05) is 37.3 Å². The molecule has 1 aromatic heterocycles. The molecule has 2 aromatic rings. The van der Waals surface area contributed by atoms with E-state index in [0.717, 1.165) is 10.5 Å². The van der Waals surface area contributed by atoms with Gasteiger partial charge in [-0.3, -0.25) is 9.59 Å². The third-order valence-electron chi connectivity index (χ3n) is 6.72. The zero-order valence-electron chi connectivity index (χ0n) is 23.2. The Morgan fingerprint density at radius 2 is 1.85 bits per heavy atom. The largest absolute Gasteiger partial charge is 0.444 e. The first-order valence-corrected chi connectivity index (χ1v) is 13.2. The quantitative estimate of drug-likeness (QED) is 0.456. The lowest BCUT2D eigenvalue weighted by Gasteiger charge is -2.38. The third kappa shape index (κ3) is 8.21. The predicted octanol–water partition coefficient (Wildman–Crippen LogP) is 5.00. The van der Waals surface area contributed by atoms with E-state index >= 15 is 0 Å². The summed E-state index contributed by atoms with van der Waals surface area (Å²) in [7, 11) is 1.49. The highest BCUT2D eigenvalue weighted by Crippen LogP contribution is 2.36. The molecule has 1 aromatic carbocycles. The van der Waals surface area contributed by atoms with Gasteiger partial charge in [0, 0.05) is 43.2 Å². The number of halogens is 2. The van der Waals surface area contributed by atoms with E-state index in [1.165, 1.54) is 13.1 Å². The minimum atomic E-state index is -3.05. The van der Waals surface area contributed by atoms with Crippen molar-refractivity contribution < 1.29 is 27.9 Å². The van der Waals surface area contributed by atoms with Crippen LogP contribution < -0.4 is 10.6 Å². The molecule has 0 spiro atoms. The number of aromatic nitrogens is 1. The Hall–Kier alpha value is -3.56. The lowest BCUT2D eigenvalue weighted by atomic mass is 9.89. The maximum Gasteiger partial charge on any atom is 0.410 e. The van der Waals surface area contributed by atoms with Crippen LogP contribution in [-0.2, 0) is 4.74 Å². The number of ether oxygens (including phenoxy) is 1. The fraction of sp³-hybridized carbons (Fsp3) is 0.517. The van der Waals surface area contributed by atoms with Crippen molar-refractivity contribution in [1.29, 1.82) is 0 Å². The summed E-state index contributed by atoms with van der Waals surface area (Å²) in [6.45, 7) is 6.74. The maximum absolute atomic E-state index is 14.8. The van der Waals surface area contributed by atoms with Gasteiger partial charge < -0.3 is 20.3 Å². The van der Waals surface area contributed by atoms with Crippen LogP contribution in [0.25, 0.3) is 0 Å². The van der Waals surface area contributed by atoms with E-state index < -0.39 is 41.9 Å². The summed E-state index contributed by atoms with van der Waals surface area (Å²) < 4.78 is 34.8. The summed E-state index contributed by atoms with van der Waals surface area (Å²) in [5, 5.41) is 5.31. The Bertz CT molecular complexity index is 1170.